The molecular formula is C14H22N2O3S2. The number of carbonyl (C=O) groups excluding carboxylic acids is 1. The molecule has 0 aliphatic carbocycles. The molecule has 0 saturated carbocycles. The molecule has 118 valence electrons. The molecule has 1 aliphatic heterocycles. The van der Waals surface area contributed by atoms with Gasteiger partial charge in [0.05, 0.1) is 5.25 Å². The van der Waals surface area contributed by atoms with Crippen molar-refractivity contribution in [3.63, 3.8) is 0 Å². The molecule has 21 heavy (non-hydrogen) atoms. The summed E-state index contributed by atoms with van der Waals surface area (Å²) in [6.45, 7) is 6.34. The van der Waals surface area contributed by atoms with Gasteiger partial charge in [0.2, 0.25) is 5.91 Å². The van der Waals surface area contributed by atoms with Gasteiger partial charge in [-0.2, -0.15) is 0 Å². The summed E-state index contributed by atoms with van der Waals surface area (Å²) in [5.41, 5.74) is 1.37. The van der Waals surface area contributed by atoms with E-state index in [9.17, 15) is 13.2 Å². The van der Waals surface area contributed by atoms with Crippen molar-refractivity contribution in [2.45, 2.75) is 32.1 Å². The number of sulfone groups is 1. The Morgan fingerprint density at radius 2 is 2.24 bits per heavy atom. The predicted octanol–water partition coefficient (Wildman–Crippen LogP) is 1.05. The lowest BCUT2D eigenvalue weighted by Crippen LogP contribution is -2.39. The topological polar surface area (TPSA) is 66.5 Å². The zero-order chi connectivity index (χ0) is 15.5. The van der Waals surface area contributed by atoms with E-state index in [0.29, 0.717) is 6.54 Å². The molecule has 1 aliphatic rings. The highest BCUT2D eigenvalue weighted by Gasteiger charge is 2.21. The van der Waals surface area contributed by atoms with Crippen LogP contribution in [0.25, 0.3) is 0 Å². The van der Waals surface area contributed by atoms with Gasteiger partial charge in [-0.25, -0.2) is 8.42 Å². The van der Waals surface area contributed by atoms with E-state index in [-0.39, 0.29) is 0 Å². The van der Waals surface area contributed by atoms with Crippen LogP contribution in [0.2, 0.25) is 0 Å². The smallest absolute Gasteiger partial charge is 0.235 e. The molecule has 0 bridgehead atoms. The average molecular weight is 330 g/mol. The third kappa shape index (κ3) is 4.52. The molecule has 0 unspecified atom stereocenters. The Morgan fingerprint density at radius 1 is 1.48 bits per heavy atom. The highest BCUT2D eigenvalue weighted by Crippen LogP contribution is 2.23. The number of nitrogens with zero attached hydrogens (tertiary/aromatic N) is 1. The van der Waals surface area contributed by atoms with Crippen molar-refractivity contribution in [2.24, 2.45) is 0 Å². The fourth-order valence-corrected chi connectivity index (χ4v) is 3.94. The lowest BCUT2D eigenvalue weighted by molar-refractivity contribution is -0.118. The highest BCUT2D eigenvalue weighted by molar-refractivity contribution is 7.92. The average Bonchev–Trinajstić information content (AvgIpc) is 2.85. The van der Waals surface area contributed by atoms with Crippen LogP contribution in [0.15, 0.2) is 11.4 Å². The number of carbonyl (C=O) groups is 1. The van der Waals surface area contributed by atoms with Crippen LogP contribution in [-0.4, -0.2) is 49.9 Å². The number of thiophene rings is 1. The number of fused-ring (bicyclic) bond motifs is 1. The van der Waals surface area contributed by atoms with Crippen molar-refractivity contribution < 1.29 is 13.2 Å². The summed E-state index contributed by atoms with van der Waals surface area (Å²) in [7, 11) is -3.31. The maximum atomic E-state index is 11.7. The Morgan fingerprint density at radius 3 is 2.95 bits per heavy atom. The molecule has 2 heterocycles. The minimum absolute atomic E-state index is 0.406. The molecule has 1 aromatic rings. The van der Waals surface area contributed by atoms with Crippen molar-refractivity contribution in [3.8, 4) is 0 Å². The summed E-state index contributed by atoms with van der Waals surface area (Å²) in [6.07, 6.45) is 1.06. The van der Waals surface area contributed by atoms with Gasteiger partial charge < -0.3 is 5.32 Å². The second-order valence-electron chi connectivity index (χ2n) is 5.60. The highest BCUT2D eigenvalue weighted by atomic mass is 32.2. The van der Waals surface area contributed by atoms with Crippen molar-refractivity contribution in [1.29, 1.82) is 0 Å². The summed E-state index contributed by atoms with van der Waals surface area (Å²) in [4.78, 5) is 15.4. The molecule has 0 radical (unpaired) electrons. The zero-order valence-corrected chi connectivity index (χ0v) is 14.1. The van der Waals surface area contributed by atoms with Gasteiger partial charge in [0.15, 0.2) is 9.84 Å². The standard InChI is InChI=1S/C14H22N2O3S2/c1-11(2)21(18,19)10-14(17)15-5-7-16-6-3-13-12(9-16)4-8-20-13/h4,8,11H,3,5-7,9-10H2,1-2H3,(H,15,17). The molecule has 1 N–H and O–H groups in total. The second kappa shape index (κ2) is 6.89. The van der Waals surface area contributed by atoms with Gasteiger partial charge in [-0.3, -0.25) is 9.69 Å². The van der Waals surface area contributed by atoms with Gasteiger partial charge in [-0.05, 0) is 37.3 Å². The van der Waals surface area contributed by atoms with Crippen molar-refractivity contribution in [1.82, 2.24) is 10.2 Å². The normalized spacial score (nSPS) is 16.0. The summed E-state index contributed by atoms with van der Waals surface area (Å²) in [5.74, 6) is -0.823. The summed E-state index contributed by atoms with van der Waals surface area (Å²) < 4.78 is 23.3. The van der Waals surface area contributed by atoms with Crippen LogP contribution in [-0.2, 0) is 27.6 Å². The molecule has 0 atom stereocenters. The van der Waals surface area contributed by atoms with Crippen LogP contribution in [0.5, 0.6) is 0 Å². The Balaban J connectivity index is 1.72. The first kappa shape index (κ1) is 16.5. The largest absolute Gasteiger partial charge is 0.354 e. The molecule has 0 saturated heterocycles. The first-order chi connectivity index (χ1) is 9.88. The molecule has 1 amide bonds. The minimum atomic E-state index is -3.31. The molecule has 0 aromatic carbocycles. The van der Waals surface area contributed by atoms with Crippen LogP contribution < -0.4 is 5.32 Å². The lowest BCUT2D eigenvalue weighted by atomic mass is 10.1. The van der Waals surface area contributed by atoms with E-state index in [4.69, 9.17) is 0 Å². The quantitative estimate of drug-likeness (QED) is 0.846. The summed E-state index contributed by atoms with van der Waals surface area (Å²) >= 11 is 1.80. The zero-order valence-electron chi connectivity index (χ0n) is 12.5. The molecule has 2 rings (SSSR count). The van der Waals surface area contributed by atoms with Crippen LogP contribution >= 0.6 is 11.3 Å². The Hall–Kier alpha value is -0.920. The molecule has 7 heteroatoms. The van der Waals surface area contributed by atoms with Gasteiger partial charge in [-0.1, -0.05) is 0 Å². The lowest BCUT2D eigenvalue weighted by Gasteiger charge is -2.26. The summed E-state index contributed by atoms with van der Waals surface area (Å²) in [5, 5.41) is 4.31. The minimum Gasteiger partial charge on any atom is -0.354 e. The SMILES string of the molecule is CC(C)S(=O)(=O)CC(=O)NCCN1CCc2sccc2C1. The number of nitrogens with one attached hydrogen (secondary N) is 1. The van der Waals surface area contributed by atoms with Gasteiger partial charge in [-0.15, -0.1) is 11.3 Å². The number of hydrogen-bond acceptors (Lipinski definition) is 5. The summed E-state index contributed by atoms with van der Waals surface area (Å²) in [6, 6.07) is 2.15. The second-order valence-corrected chi connectivity index (χ2v) is 9.16. The fourth-order valence-electron chi connectivity index (χ4n) is 2.25. The third-order valence-electron chi connectivity index (χ3n) is 3.69. The van der Waals surface area contributed by atoms with E-state index in [0.717, 1.165) is 26.1 Å². The van der Waals surface area contributed by atoms with Crippen molar-refractivity contribution >= 4 is 27.1 Å². The third-order valence-corrected chi connectivity index (χ3v) is 6.81. The van der Waals surface area contributed by atoms with Gasteiger partial charge >= 0.3 is 0 Å². The van der Waals surface area contributed by atoms with Crippen LogP contribution in [0, 0.1) is 0 Å². The number of amides is 1. The Labute approximate surface area is 130 Å². The van der Waals surface area contributed by atoms with Crippen LogP contribution in [0.1, 0.15) is 24.3 Å². The maximum Gasteiger partial charge on any atom is 0.235 e. The first-order valence-corrected chi connectivity index (χ1v) is 9.74. The van der Waals surface area contributed by atoms with Crippen LogP contribution in [0.3, 0.4) is 0 Å². The van der Waals surface area contributed by atoms with E-state index in [1.807, 2.05) is 0 Å². The molecule has 0 spiro atoms. The number of hydrogen-bond donors (Lipinski definition) is 1. The van der Waals surface area contributed by atoms with E-state index >= 15 is 0 Å². The molecule has 1 aromatic heterocycles. The van der Waals surface area contributed by atoms with Gasteiger partial charge in [0.1, 0.15) is 5.75 Å². The van der Waals surface area contributed by atoms with Gasteiger partial charge in [0, 0.05) is 31.1 Å². The Bertz CT molecular complexity index is 593. The Kier molecular flexibility index (Phi) is 5.40. The predicted molar refractivity (Wildman–Crippen MR) is 85.2 cm³/mol. The van der Waals surface area contributed by atoms with E-state index in [2.05, 4.69) is 21.7 Å². The maximum absolute atomic E-state index is 11.7. The monoisotopic (exact) mass is 330 g/mol. The molecular weight excluding hydrogens is 308 g/mol. The molecule has 0 fully saturated rings. The van der Waals surface area contributed by atoms with E-state index < -0.39 is 26.7 Å². The van der Waals surface area contributed by atoms with Crippen molar-refractivity contribution in [3.05, 3.63) is 21.9 Å². The fraction of sp³-hybridized carbons (Fsp3) is 0.643. The van der Waals surface area contributed by atoms with Gasteiger partial charge in [0.25, 0.3) is 0 Å². The first-order valence-electron chi connectivity index (χ1n) is 7.14. The molecule has 5 nitrogen and oxygen atoms in total. The van der Waals surface area contributed by atoms with Crippen LogP contribution in [0.4, 0.5) is 0 Å². The van der Waals surface area contributed by atoms with E-state index in [1.54, 1.807) is 25.2 Å². The van der Waals surface area contributed by atoms with E-state index in [1.165, 1.54) is 10.4 Å². The van der Waals surface area contributed by atoms with Crippen molar-refractivity contribution in [2.75, 3.05) is 25.4 Å². The number of rotatable bonds is 6.